The fraction of sp³-hybridized carbons (Fsp3) is 0.583. The molecule has 7 heteroatoms. The van der Waals surface area contributed by atoms with Gasteiger partial charge in [-0.15, -0.1) is 11.3 Å². The van der Waals surface area contributed by atoms with Crippen LogP contribution in [0, 0.1) is 5.92 Å². The lowest BCUT2D eigenvalue weighted by Crippen LogP contribution is -2.48. The molecule has 1 amide bonds. The summed E-state index contributed by atoms with van der Waals surface area (Å²) in [6, 6.07) is 0.126. The lowest BCUT2D eigenvalue weighted by atomic mass is 9.94. The van der Waals surface area contributed by atoms with E-state index in [1.54, 1.807) is 0 Å². The number of aromatic nitrogens is 1. The highest BCUT2D eigenvalue weighted by molar-refractivity contribution is 7.11. The molecule has 2 rings (SSSR count). The third-order valence-electron chi connectivity index (χ3n) is 3.34. The molecule has 2 N–H and O–H groups in total. The molecule has 0 spiro atoms. The van der Waals surface area contributed by atoms with Crippen LogP contribution in [0.1, 0.15) is 33.6 Å². The largest absolute Gasteiger partial charge is 0.476 e. The molecule has 2 atom stereocenters. The van der Waals surface area contributed by atoms with Gasteiger partial charge in [0.15, 0.2) is 10.7 Å². The number of piperidine rings is 1. The summed E-state index contributed by atoms with van der Waals surface area (Å²) in [5, 5.41) is 13.3. The number of likely N-dealkylation sites (tertiary alicyclic amines) is 1. The maximum Gasteiger partial charge on any atom is 0.355 e. The first-order chi connectivity index (χ1) is 8.97. The molecule has 0 saturated carbocycles. The summed E-state index contributed by atoms with van der Waals surface area (Å²) in [5.74, 6) is -1.01. The molecule has 6 nitrogen and oxygen atoms in total. The van der Waals surface area contributed by atoms with Gasteiger partial charge < -0.3 is 15.3 Å². The van der Waals surface area contributed by atoms with Crippen LogP contribution in [0.4, 0.5) is 0 Å². The van der Waals surface area contributed by atoms with Crippen LogP contribution in [0.3, 0.4) is 0 Å². The highest BCUT2D eigenvalue weighted by Gasteiger charge is 2.26. The van der Waals surface area contributed by atoms with Crippen molar-refractivity contribution < 1.29 is 14.7 Å². The van der Waals surface area contributed by atoms with E-state index in [2.05, 4.69) is 29.2 Å². The molecule has 0 radical (unpaired) electrons. The molecule has 1 fully saturated rings. The standard InChI is InChI=1S/C12H17N3O3S/c1-7-5-15(2)4-3-8(7)13-10(16)11-14-9(6-19-11)12(17)18/h6-8H,3-5H2,1-2H3,(H,13,16)(H,17,18). The zero-order chi connectivity index (χ0) is 14.0. The Kier molecular flexibility index (Phi) is 4.16. The van der Waals surface area contributed by atoms with E-state index >= 15 is 0 Å². The second-order valence-corrected chi connectivity index (χ2v) is 5.81. The number of aromatic carboxylic acids is 1. The van der Waals surface area contributed by atoms with Crippen molar-refractivity contribution in [1.29, 1.82) is 0 Å². The Balaban J connectivity index is 1.98. The van der Waals surface area contributed by atoms with Gasteiger partial charge in [0.25, 0.3) is 5.91 Å². The molecule has 1 aromatic heterocycles. The Hall–Kier alpha value is -1.47. The van der Waals surface area contributed by atoms with E-state index in [4.69, 9.17) is 5.11 Å². The number of carboxylic acid groups (broad SMARTS) is 1. The third kappa shape index (κ3) is 3.30. The topological polar surface area (TPSA) is 82.5 Å². The maximum absolute atomic E-state index is 12.0. The fourth-order valence-corrected chi connectivity index (χ4v) is 2.97. The summed E-state index contributed by atoms with van der Waals surface area (Å²) in [5.41, 5.74) is -0.0772. The lowest BCUT2D eigenvalue weighted by Gasteiger charge is -2.34. The minimum absolute atomic E-state index is 0.0772. The van der Waals surface area contributed by atoms with Gasteiger partial charge in [-0.2, -0.15) is 0 Å². The van der Waals surface area contributed by atoms with Crippen molar-refractivity contribution in [1.82, 2.24) is 15.2 Å². The zero-order valence-electron chi connectivity index (χ0n) is 10.9. The van der Waals surface area contributed by atoms with Crippen LogP contribution >= 0.6 is 11.3 Å². The average molecular weight is 283 g/mol. The molecule has 1 saturated heterocycles. The molecular formula is C12H17N3O3S. The van der Waals surface area contributed by atoms with Gasteiger partial charge in [0.05, 0.1) is 0 Å². The number of rotatable bonds is 3. The number of nitrogens with zero attached hydrogens (tertiary/aromatic N) is 2. The van der Waals surface area contributed by atoms with Crippen LogP contribution in [0.5, 0.6) is 0 Å². The van der Waals surface area contributed by atoms with Crippen molar-refractivity contribution in [3.63, 3.8) is 0 Å². The van der Waals surface area contributed by atoms with Crippen molar-refractivity contribution in [2.24, 2.45) is 5.92 Å². The second kappa shape index (κ2) is 5.66. The zero-order valence-corrected chi connectivity index (χ0v) is 11.7. The molecule has 0 bridgehead atoms. The predicted molar refractivity (Wildman–Crippen MR) is 71.6 cm³/mol. The first-order valence-electron chi connectivity index (χ1n) is 6.15. The maximum atomic E-state index is 12.0. The number of hydrogen-bond acceptors (Lipinski definition) is 5. The molecule has 2 unspecified atom stereocenters. The Morgan fingerprint density at radius 2 is 2.32 bits per heavy atom. The molecule has 1 aliphatic rings. The number of amides is 1. The molecular weight excluding hydrogens is 266 g/mol. The quantitative estimate of drug-likeness (QED) is 0.861. The highest BCUT2D eigenvalue weighted by Crippen LogP contribution is 2.17. The molecule has 104 valence electrons. The minimum Gasteiger partial charge on any atom is -0.476 e. The molecule has 19 heavy (non-hydrogen) atoms. The van der Waals surface area contributed by atoms with E-state index in [1.165, 1.54) is 5.38 Å². The van der Waals surface area contributed by atoms with E-state index in [0.717, 1.165) is 30.8 Å². The molecule has 0 aliphatic carbocycles. The normalized spacial score (nSPS) is 24.1. The van der Waals surface area contributed by atoms with Crippen molar-refractivity contribution >= 4 is 23.2 Å². The van der Waals surface area contributed by atoms with Gasteiger partial charge in [-0.05, 0) is 25.9 Å². The summed E-state index contributed by atoms with van der Waals surface area (Å²) in [6.07, 6.45) is 0.903. The third-order valence-corrected chi connectivity index (χ3v) is 4.18. The Morgan fingerprint density at radius 1 is 1.58 bits per heavy atom. The van der Waals surface area contributed by atoms with Crippen molar-refractivity contribution in [2.45, 2.75) is 19.4 Å². The summed E-state index contributed by atoms with van der Waals surface area (Å²) in [6.45, 7) is 4.00. The number of carbonyl (C=O) groups excluding carboxylic acids is 1. The first kappa shape index (κ1) is 14.0. The van der Waals surface area contributed by atoms with Crippen molar-refractivity contribution in [3.8, 4) is 0 Å². The van der Waals surface area contributed by atoms with Crippen LogP contribution in [0.2, 0.25) is 0 Å². The minimum atomic E-state index is -1.11. The number of nitrogens with one attached hydrogen (secondary N) is 1. The Bertz CT molecular complexity index is 488. The lowest BCUT2D eigenvalue weighted by molar-refractivity contribution is 0.0691. The van der Waals surface area contributed by atoms with Gasteiger partial charge in [0.2, 0.25) is 0 Å². The van der Waals surface area contributed by atoms with Gasteiger partial charge in [-0.1, -0.05) is 6.92 Å². The van der Waals surface area contributed by atoms with Crippen LogP contribution < -0.4 is 5.32 Å². The van der Waals surface area contributed by atoms with Gasteiger partial charge in [0, 0.05) is 18.0 Å². The van der Waals surface area contributed by atoms with E-state index in [1.807, 2.05) is 0 Å². The summed E-state index contributed by atoms with van der Waals surface area (Å²) < 4.78 is 0. The van der Waals surface area contributed by atoms with Crippen molar-refractivity contribution in [3.05, 3.63) is 16.1 Å². The van der Waals surface area contributed by atoms with E-state index in [0.29, 0.717) is 5.92 Å². The summed E-state index contributed by atoms with van der Waals surface area (Å²) in [4.78, 5) is 28.8. The summed E-state index contributed by atoms with van der Waals surface area (Å²) >= 11 is 1.06. The van der Waals surface area contributed by atoms with Crippen LogP contribution in [-0.4, -0.2) is 53.0 Å². The smallest absolute Gasteiger partial charge is 0.355 e. The first-order valence-corrected chi connectivity index (χ1v) is 7.03. The van der Waals surface area contributed by atoms with Crippen LogP contribution in [0.15, 0.2) is 5.38 Å². The highest BCUT2D eigenvalue weighted by atomic mass is 32.1. The SMILES string of the molecule is CC1CN(C)CCC1NC(=O)c1nc(C(=O)O)cs1. The predicted octanol–water partition coefficient (Wildman–Crippen LogP) is 0.911. The van der Waals surface area contributed by atoms with E-state index in [9.17, 15) is 9.59 Å². The van der Waals surface area contributed by atoms with Crippen LogP contribution in [-0.2, 0) is 0 Å². The number of carboxylic acids is 1. The van der Waals surface area contributed by atoms with Crippen molar-refractivity contribution in [2.75, 3.05) is 20.1 Å². The van der Waals surface area contributed by atoms with E-state index in [-0.39, 0.29) is 22.7 Å². The number of carbonyl (C=O) groups is 2. The Morgan fingerprint density at radius 3 is 2.89 bits per heavy atom. The Labute approximate surface area is 115 Å². The molecule has 2 heterocycles. The van der Waals surface area contributed by atoms with Crippen LogP contribution in [0.25, 0.3) is 0 Å². The van der Waals surface area contributed by atoms with Gasteiger partial charge in [0.1, 0.15) is 0 Å². The molecule has 1 aromatic rings. The van der Waals surface area contributed by atoms with Gasteiger partial charge in [-0.25, -0.2) is 9.78 Å². The summed E-state index contributed by atoms with van der Waals surface area (Å²) in [7, 11) is 2.06. The monoisotopic (exact) mass is 283 g/mol. The van der Waals surface area contributed by atoms with Gasteiger partial charge >= 0.3 is 5.97 Å². The molecule has 0 aromatic carbocycles. The average Bonchev–Trinajstić information content (AvgIpc) is 2.82. The number of thiazole rings is 1. The number of hydrogen-bond donors (Lipinski definition) is 2. The van der Waals surface area contributed by atoms with E-state index < -0.39 is 5.97 Å². The second-order valence-electron chi connectivity index (χ2n) is 4.95. The van der Waals surface area contributed by atoms with Gasteiger partial charge in [-0.3, -0.25) is 4.79 Å². The molecule has 1 aliphatic heterocycles. The fourth-order valence-electron chi connectivity index (χ4n) is 2.27.